The molecule has 1 saturated heterocycles. The van der Waals surface area contributed by atoms with Crippen molar-refractivity contribution in [3.63, 3.8) is 0 Å². The largest absolute Gasteiger partial charge is 0.393 e. The Bertz CT molecular complexity index is 253. The molecule has 0 aromatic heterocycles. The van der Waals surface area contributed by atoms with Crippen molar-refractivity contribution < 1.29 is 14.9 Å². The molecule has 106 valence electrons. The van der Waals surface area contributed by atoms with E-state index in [2.05, 4.69) is 11.9 Å². The van der Waals surface area contributed by atoms with Crippen LogP contribution in [0, 0.1) is 5.92 Å². The molecule has 2 N–H and O–H groups in total. The molecule has 0 amide bonds. The number of aliphatic hydroxyl groups excluding tert-OH is 1. The maximum atomic E-state index is 10.5. The highest BCUT2D eigenvalue weighted by molar-refractivity contribution is 4.85. The summed E-state index contributed by atoms with van der Waals surface area (Å²) in [5.74, 6) is 0.382. The van der Waals surface area contributed by atoms with Crippen molar-refractivity contribution >= 4 is 0 Å². The molecular weight excluding hydrogens is 230 g/mol. The minimum atomic E-state index is -0.591. The van der Waals surface area contributed by atoms with Gasteiger partial charge in [0, 0.05) is 39.1 Å². The molecule has 2 aliphatic rings. The number of aliphatic hydroxyl groups is 2. The summed E-state index contributed by atoms with van der Waals surface area (Å²) in [4.78, 5) is 2.19. The highest BCUT2D eigenvalue weighted by atomic mass is 16.5. The van der Waals surface area contributed by atoms with Crippen molar-refractivity contribution in [2.24, 2.45) is 5.92 Å². The van der Waals surface area contributed by atoms with Crippen molar-refractivity contribution in [1.82, 2.24) is 4.90 Å². The Kier molecular flexibility index (Phi) is 5.01. The van der Waals surface area contributed by atoms with Crippen LogP contribution in [0.5, 0.6) is 0 Å². The second-order valence-corrected chi connectivity index (χ2v) is 6.15. The lowest BCUT2D eigenvalue weighted by Crippen LogP contribution is -2.47. The lowest BCUT2D eigenvalue weighted by Gasteiger charge is -2.38. The first-order chi connectivity index (χ1) is 8.59. The van der Waals surface area contributed by atoms with Gasteiger partial charge in [0.05, 0.1) is 11.7 Å². The lowest BCUT2D eigenvalue weighted by atomic mass is 9.85. The van der Waals surface area contributed by atoms with Crippen LogP contribution in [-0.4, -0.2) is 60.2 Å². The molecule has 4 nitrogen and oxygen atoms in total. The normalized spacial score (nSPS) is 32.7. The van der Waals surface area contributed by atoms with Gasteiger partial charge in [0.2, 0.25) is 0 Å². The molecule has 18 heavy (non-hydrogen) atoms. The summed E-state index contributed by atoms with van der Waals surface area (Å²) in [5, 5.41) is 20.4. The molecular formula is C14H27NO3. The predicted octanol–water partition coefficient (Wildman–Crippen LogP) is 1.01. The molecule has 2 atom stereocenters. The molecule has 0 aromatic rings. The van der Waals surface area contributed by atoms with E-state index in [1.165, 1.54) is 6.42 Å². The van der Waals surface area contributed by atoms with Gasteiger partial charge in [-0.1, -0.05) is 12.8 Å². The third-order valence-electron chi connectivity index (χ3n) is 4.40. The number of rotatable bonds is 4. The van der Waals surface area contributed by atoms with Crippen molar-refractivity contribution in [3.8, 4) is 0 Å². The van der Waals surface area contributed by atoms with Gasteiger partial charge in [-0.2, -0.15) is 0 Å². The van der Waals surface area contributed by atoms with Crippen LogP contribution in [0.15, 0.2) is 0 Å². The van der Waals surface area contributed by atoms with E-state index in [0.29, 0.717) is 25.7 Å². The molecule has 2 unspecified atom stereocenters. The van der Waals surface area contributed by atoms with Gasteiger partial charge < -0.3 is 19.8 Å². The standard InChI is InChI=1S/C14H27NO3/c1-15(10-12-4-2-3-5-13(12)16)11-14(17)6-8-18-9-7-14/h12-13,16-17H,2-11H2,1H3. The van der Waals surface area contributed by atoms with E-state index in [4.69, 9.17) is 4.74 Å². The first kappa shape index (κ1) is 14.3. The molecule has 4 heteroatoms. The summed E-state index contributed by atoms with van der Waals surface area (Å²) in [6.45, 7) is 2.91. The Labute approximate surface area is 110 Å². The zero-order valence-corrected chi connectivity index (χ0v) is 11.5. The summed E-state index contributed by atoms with van der Waals surface area (Å²) in [6, 6.07) is 0. The third kappa shape index (κ3) is 3.92. The third-order valence-corrected chi connectivity index (χ3v) is 4.40. The Morgan fingerprint density at radius 3 is 2.56 bits per heavy atom. The second-order valence-electron chi connectivity index (χ2n) is 6.15. The van der Waals surface area contributed by atoms with E-state index in [-0.39, 0.29) is 6.10 Å². The van der Waals surface area contributed by atoms with Gasteiger partial charge in [0.25, 0.3) is 0 Å². The summed E-state index contributed by atoms with van der Waals surface area (Å²) in [6.07, 6.45) is 5.75. The van der Waals surface area contributed by atoms with Crippen LogP contribution in [0.1, 0.15) is 38.5 Å². The Morgan fingerprint density at radius 1 is 1.22 bits per heavy atom. The minimum absolute atomic E-state index is 0.148. The Balaban J connectivity index is 1.78. The van der Waals surface area contributed by atoms with Crippen LogP contribution >= 0.6 is 0 Å². The molecule has 0 radical (unpaired) electrons. The van der Waals surface area contributed by atoms with Crippen molar-refractivity contribution in [2.45, 2.75) is 50.2 Å². The zero-order chi connectivity index (χ0) is 13.0. The van der Waals surface area contributed by atoms with Crippen LogP contribution in [0.3, 0.4) is 0 Å². The van der Waals surface area contributed by atoms with E-state index in [1.54, 1.807) is 0 Å². The van der Waals surface area contributed by atoms with E-state index < -0.39 is 5.60 Å². The highest BCUT2D eigenvalue weighted by Gasteiger charge is 2.32. The molecule has 2 fully saturated rings. The van der Waals surface area contributed by atoms with Crippen molar-refractivity contribution in [3.05, 3.63) is 0 Å². The maximum Gasteiger partial charge on any atom is 0.0817 e. The smallest absolute Gasteiger partial charge is 0.0817 e. The molecule has 1 aliphatic carbocycles. The van der Waals surface area contributed by atoms with E-state index in [9.17, 15) is 10.2 Å². The summed E-state index contributed by atoms with van der Waals surface area (Å²) < 4.78 is 5.29. The Morgan fingerprint density at radius 2 is 1.89 bits per heavy atom. The van der Waals surface area contributed by atoms with Gasteiger partial charge in [-0.05, 0) is 25.8 Å². The van der Waals surface area contributed by atoms with Crippen LogP contribution < -0.4 is 0 Å². The summed E-state index contributed by atoms with van der Waals surface area (Å²) >= 11 is 0. The SMILES string of the molecule is CN(CC1CCCCC1O)CC1(O)CCOCC1. The monoisotopic (exact) mass is 257 g/mol. The average Bonchev–Trinajstić information content (AvgIpc) is 2.32. The molecule has 1 aliphatic heterocycles. The van der Waals surface area contributed by atoms with Gasteiger partial charge in [0.1, 0.15) is 0 Å². The fraction of sp³-hybridized carbons (Fsp3) is 1.00. The number of hydrogen-bond donors (Lipinski definition) is 2. The van der Waals surface area contributed by atoms with E-state index in [1.807, 2.05) is 0 Å². The predicted molar refractivity (Wildman–Crippen MR) is 70.5 cm³/mol. The molecule has 0 spiro atoms. The zero-order valence-electron chi connectivity index (χ0n) is 11.5. The number of nitrogens with zero attached hydrogens (tertiary/aromatic N) is 1. The lowest BCUT2D eigenvalue weighted by molar-refractivity contribution is -0.0807. The average molecular weight is 257 g/mol. The first-order valence-corrected chi connectivity index (χ1v) is 7.26. The number of ether oxygens (including phenoxy) is 1. The summed E-state index contributed by atoms with van der Waals surface area (Å²) in [7, 11) is 2.05. The molecule has 2 rings (SSSR count). The van der Waals surface area contributed by atoms with E-state index >= 15 is 0 Å². The summed E-state index contributed by atoms with van der Waals surface area (Å²) in [5.41, 5.74) is -0.591. The molecule has 0 aromatic carbocycles. The fourth-order valence-electron chi connectivity index (χ4n) is 3.28. The highest BCUT2D eigenvalue weighted by Crippen LogP contribution is 2.26. The van der Waals surface area contributed by atoms with Crippen LogP contribution in [0.4, 0.5) is 0 Å². The Hall–Kier alpha value is -0.160. The van der Waals surface area contributed by atoms with Gasteiger partial charge in [-0.25, -0.2) is 0 Å². The van der Waals surface area contributed by atoms with Gasteiger partial charge in [-0.3, -0.25) is 0 Å². The van der Waals surface area contributed by atoms with Crippen LogP contribution in [0.2, 0.25) is 0 Å². The van der Waals surface area contributed by atoms with Gasteiger partial charge >= 0.3 is 0 Å². The fourth-order valence-corrected chi connectivity index (χ4v) is 3.28. The van der Waals surface area contributed by atoms with Crippen molar-refractivity contribution in [2.75, 3.05) is 33.4 Å². The second kappa shape index (κ2) is 6.33. The quantitative estimate of drug-likeness (QED) is 0.789. The maximum absolute atomic E-state index is 10.5. The number of likely N-dealkylation sites (N-methyl/N-ethyl adjacent to an activating group) is 1. The molecule has 0 bridgehead atoms. The van der Waals surface area contributed by atoms with E-state index in [0.717, 1.165) is 38.6 Å². The minimum Gasteiger partial charge on any atom is -0.393 e. The molecule has 1 saturated carbocycles. The topological polar surface area (TPSA) is 52.9 Å². The number of hydrogen-bond acceptors (Lipinski definition) is 4. The van der Waals surface area contributed by atoms with Gasteiger partial charge in [-0.15, -0.1) is 0 Å². The molecule has 1 heterocycles. The van der Waals surface area contributed by atoms with Crippen molar-refractivity contribution in [1.29, 1.82) is 0 Å². The van der Waals surface area contributed by atoms with Crippen LogP contribution in [0.25, 0.3) is 0 Å². The van der Waals surface area contributed by atoms with Crippen LogP contribution in [-0.2, 0) is 4.74 Å². The van der Waals surface area contributed by atoms with Gasteiger partial charge in [0.15, 0.2) is 0 Å². The first-order valence-electron chi connectivity index (χ1n) is 7.26.